The Labute approximate surface area is 121 Å². The van der Waals surface area contributed by atoms with E-state index in [1.807, 2.05) is 30.3 Å². The van der Waals surface area contributed by atoms with Gasteiger partial charge in [0.05, 0.1) is 17.1 Å². The average molecular weight is 282 g/mol. The molecule has 2 aromatic rings. The van der Waals surface area contributed by atoms with Gasteiger partial charge in [-0.2, -0.15) is 5.26 Å². The van der Waals surface area contributed by atoms with Gasteiger partial charge in [-0.1, -0.05) is 18.2 Å². The summed E-state index contributed by atoms with van der Waals surface area (Å²) < 4.78 is 0. The molecule has 1 heterocycles. The second-order valence-corrected chi connectivity index (χ2v) is 4.54. The quantitative estimate of drug-likeness (QED) is 0.856. The fourth-order valence-electron chi connectivity index (χ4n) is 1.93. The molecule has 0 aliphatic heterocycles. The number of nitrogens with zero attached hydrogens (tertiary/aromatic N) is 2. The van der Waals surface area contributed by atoms with Crippen molar-refractivity contribution in [2.45, 2.75) is 18.9 Å². The second kappa shape index (κ2) is 6.48. The number of aromatic nitrogens is 1. The van der Waals surface area contributed by atoms with E-state index in [9.17, 15) is 9.59 Å². The minimum Gasteiger partial charge on any atom is -0.368 e. The molecule has 3 N–H and O–H groups in total. The summed E-state index contributed by atoms with van der Waals surface area (Å²) in [6.07, 6.45) is 1.78. The van der Waals surface area contributed by atoms with Crippen molar-refractivity contribution in [2.24, 2.45) is 5.73 Å². The monoisotopic (exact) mass is 282 g/mol. The molecule has 0 saturated carbocycles. The first-order valence-electron chi connectivity index (χ1n) is 6.43. The summed E-state index contributed by atoms with van der Waals surface area (Å²) in [5, 5.41) is 11.9. The number of nitriles is 1. The van der Waals surface area contributed by atoms with E-state index in [0.29, 0.717) is 5.56 Å². The van der Waals surface area contributed by atoms with Gasteiger partial charge in [-0.25, -0.2) is 0 Å². The zero-order valence-electron chi connectivity index (χ0n) is 11.2. The van der Waals surface area contributed by atoms with Gasteiger partial charge in [-0.05, 0) is 18.6 Å². The number of carbonyl (C=O) groups excluding carboxylic acids is 2. The minimum atomic E-state index is -0.858. The summed E-state index contributed by atoms with van der Waals surface area (Å²) in [5.41, 5.74) is 6.34. The molecular weight excluding hydrogens is 268 g/mol. The molecule has 1 atom stereocenters. The smallest absolute Gasteiger partial charge is 0.253 e. The fourth-order valence-corrected chi connectivity index (χ4v) is 1.93. The molecule has 0 aliphatic carbocycles. The predicted molar refractivity (Wildman–Crippen MR) is 77.0 cm³/mol. The topological polar surface area (TPSA) is 109 Å². The van der Waals surface area contributed by atoms with E-state index >= 15 is 0 Å². The van der Waals surface area contributed by atoms with Crippen LogP contribution in [0.25, 0.3) is 10.9 Å². The molecule has 0 aliphatic rings. The normalized spacial score (nSPS) is 11.6. The third-order valence-electron chi connectivity index (χ3n) is 3.05. The van der Waals surface area contributed by atoms with Crippen LogP contribution in [-0.2, 0) is 4.79 Å². The molecule has 21 heavy (non-hydrogen) atoms. The van der Waals surface area contributed by atoms with E-state index in [1.54, 1.807) is 6.07 Å². The summed E-state index contributed by atoms with van der Waals surface area (Å²) in [6.45, 7) is 0. The number of rotatable bonds is 5. The molecule has 0 fully saturated rings. The van der Waals surface area contributed by atoms with Crippen molar-refractivity contribution in [1.82, 2.24) is 10.3 Å². The van der Waals surface area contributed by atoms with Crippen LogP contribution in [0.1, 0.15) is 23.2 Å². The van der Waals surface area contributed by atoms with Gasteiger partial charge in [0.25, 0.3) is 5.91 Å². The molecule has 2 rings (SSSR count). The number of amides is 2. The molecule has 0 bridgehead atoms. The van der Waals surface area contributed by atoms with Gasteiger partial charge in [0, 0.05) is 18.0 Å². The van der Waals surface area contributed by atoms with Crippen LogP contribution < -0.4 is 11.1 Å². The van der Waals surface area contributed by atoms with E-state index in [-0.39, 0.29) is 12.8 Å². The Morgan fingerprint density at radius 1 is 1.38 bits per heavy atom. The lowest BCUT2D eigenvalue weighted by atomic mass is 10.1. The third-order valence-corrected chi connectivity index (χ3v) is 3.05. The van der Waals surface area contributed by atoms with Gasteiger partial charge in [0.15, 0.2) is 0 Å². The molecular formula is C15H14N4O2. The average Bonchev–Trinajstić information content (AvgIpc) is 2.50. The second-order valence-electron chi connectivity index (χ2n) is 4.54. The van der Waals surface area contributed by atoms with Crippen LogP contribution in [0.2, 0.25) is 0 Å². The summed E-state index contributed by atoms with van der Waals surface area (Å²) in [7, 11) is 0. The zero-order chi connectivity index (χ0) is 15.2. The molecule has 2 amide bonds. The number of nitrogens with two attached hydrogens (primary N) is 1. The lowest BCUT2D eigenvalue weighted by Gasteiger charge is -2.14. The Morgan fingerprint density at radius 3 is 2.86 bits per heavy atom. The Bertz CT molecular complexity index is 721. The van der Waals surface area contributed by atoms with Crippen molar-refractivity contribution < 1.29 is 9.59 Å². The summed E-state index contributed by atoms with van der Waals surface area (Å²) in [5.74, 6) is -1.10. The first-order valence-corrected chi connectivity index (χ1v) is 6.43. The molecule has 6 heteroatoms. The largest absolute Gasteiger partial charge is 0.368 e. The first-order chi connectivity index (χ1) is 10.1. The Kier molecular flexibility index (Phi) is 4.46. The highest BCUT2D eigenvalue weighted by Gasteiger charge is 2.18. The number of carbonyl (C=O) groups is 2. The van der Waals surface area contributed by atoms with Crippen molar-refractivity contribution in [3.05, 3.63) is 42.1 Å². The molecule has 1 aromatic heterocycles. The lowest BCUT2D eigenvalue weighted by Crippen LogP contribution is -2.44. The van der Waals surface area contributed by atoms with Gasteiger partial charge >= 0.3 is 0 Å². The molecule has 106 valence electrons. The maximum Gasteiger partial charge on any atom is 0.253 e. The van der Waals surface area contributed by atoms with Crippen LogP contribution in [0.3, 0.4) is 0 Å². The predicted octanol–water partition coefficient (Wildman–Crippen LogP) is 1.12. The number of para-hydroxylation sites is 1. The minimum absolute atomic E-state index is 0.143. The highest BCUT2D eigenvalue weighted by Crippen LogP contribution is 2.12. The van der Waals surface area contributed by atoms with Gasteiger partial charge in [-0.3, -0.25) is 14.6 Å². The number of primary amides is 1. The zero-order valence-corrected chi connectivity index (χ0v) is 11.2. The van der Waals surface area contributed by atoms with Gasteiger partial charge in [-0.15, -0.1) is 0 Å². The number of fused-ring (bicyclic) bond motifs is 1. The number of nitrogens with one attached hydrogen (secondary N) is 1. The van der Waals surface area contributed by atoms with Gasteiger partial charge in [0.2, 0.25) is 5.91 Å². The Morgan fingerprint density at radius 2 is 2.14 bits per heavy atom. The van der Waals surface area contributed by atoms with Gasteiger partial charge in [0.1, 0.15) is 6.04 Å². The Hall–Kier alpha value is -2.94. The maximum absolute atomic E-state index is 12.1. The van der Waals surface area contributed by atoms with Crippen molar-refractivity contribution in [3.8, 4) is 6.07 Å². The molecule has 0 unspecified atom stereocenters. The highest BCUT2D eigenvalue weighted by molar-refractivity contribution is 5.99. The summed E-state index contributed by atoms with van der Waals surface area (Å²) in [4.78, 5) is 27.6. The van der Waals surface area contributed by atoms with Crippen LogP contribution in [0.4, 0.5) is 0 Å². The van der Waals surface area contributed by atoms with Crippen LogP contribution in [0.15, 0.2) is 36.5 Å². The van der Waals surface area contributed by atoms with Gasteiger partial charge < -0.3 is 11.1 Å². The molecule has 6 nitrogen and oxygen atoms in total. The number of benzene rings is 1. The first kappa shape index (κ1) is 14.5. The van der Waals surface area contributed by atoms with Crippen LogP contribution in [0, 0.1) is 11.3 Å². The van der Waals surface area contributed by atoms with Crippen LogP contribution >= 0.6 is 0 Å². The van der Waals surface area contributed by atoms with Crippen molar-refractivity contribution in [2.75, 3.05) is 0 Å². The molecule has 1 aromatic carbocycles. The Balaban J connectivity index is 2.17. The van der Waals surface area contributed by atoms with E-state index in [2.05, 4.69) is 10.3 Å². The van der Waals surface area contributed by atoms with E-state index < -0.39 is 17.9 Å². The molecule has 0 saturated heterocycles. The third kappa shape index (κ3) is 3.54. The standard InChI is InChI=1S/C15H14N4O2/c16-7-3-6-13(14(17)20)19-15(21)11-8-10-4-1-2-5-12(10)18-9-11/h1-2,4-5,8-9,13H,3,6H2,(H2,17,20)(H,19,21)/t13-/m1/s1. The lowest BCUT2D eigenvalue weighted by molar-refractivity contribution is -0.119. The SMILES string of the molecule is N#CCC[C@@H](NC(=O)c1cnc2ccccc2c1)C(N)=O. The summed E-state index contributed by atoms with van der Waals surface area (Å²) in [6, 6.07) is 10.2. The van der Waals surface area contributed by atoms with Crippen molar-refractivity contribution >= 4 is 22.7 Å². The maximum atomic E-state index is 12.1. The molecule has 0 spiro atoms. The number of hydrogen-bond donors (Lipinski definition) is 2. The fraction of sp³-hybridized carbons (Fsp3) is 0.200. The summed E-state index contributed by atoms with van der Waals surface area (Å²) >= 11 is 0. The number of pyridine rings is 1. The molecule has 0 radical (unpaired) electrons. The van der Waals surface area contributed by atoms with E-state index in [0.717, 1.165) is 10.9 Å². The van der Waals surface area contributed by atoms with Crippen LogP contribution in [0.5, 0.6) is 0 Å². The van der Waals surface area contributed by atoms with E-state index in [4.69, 9.17) is 11.0 Å². The van der Waals surface area contributed by atoms with E-state index in [1.165, 1.54) is 6.20 Å². The van der Waals surface area contributed by atoms with Crippen molar-refractivity contribution in [1.29, 1.82) is 5.26 Å². The van der Waals surface area contributed by atoms with Crippen molar-refractivity contribution in [3.63, 3.8) is 0 Å². The highest BCUT2D eigenvalue weighted by atomic mass is 16.2. The number of hydrogen-bond acceptors (Lipinski definition) is 4. The van der Waals surface area contributed by atoms with Crippen LogP contribution in [-0.4, -0.2) is 22.8 Å².